The van der Waals surface area contributed by atoms with Crippen LogP contribution in [0.5, 0.6) is 0 Å². The van der Waals surface area contributed by atoms with Crippen molar-refractivity contribution in [3.8, 4) is 0 Å². The lowest BCUT2D eigenvalue weighted by molar-refractivity contribution is -0.146. The van der Waals surface area contributed by atoms with Crippen LogP contribution in [0.25, 0.3) is 0 Å². The minimum Gasteiger partial charge on any atom is -0.479 e. The van der Waals surface area contributed by atoms with E-state index >= 15 is 0 Å². The Labute approximate surface area is 173 Å². The molecule has 8 heteroatoms. The highest BCUT2D eigenvalue weighted by Crippen LogP contribution is 2.36. The van der Waals surface area contributed by atoms with Crippen molar-refractivity contribution in [2.45, 2.75) is 24.8 Å². The molecule has 2 fully saturated rings. The lowest BCUT2D eigenvalue weighted by Gasteiger charge is -2.37. The van der Waals surface area contributed by atoms with Crippen molar-refractivity contribution in [2.24, 2.45) is 4.99 Å². The number of rotatable bonds is 5. The minimum absolute atomic E-state index is 0.0830. The monoisotopic (exact) mass is 410 g/mol. The molecule has 2 heterocycles. The highest BCUT2D eigenvalue weighted by Gasteiger charge is 2.44. The predicted molar refractivity (Wildman–Crippen MR) is 111 cm³/mol. The molecule has 2 aliphatic rings. The zero-order valence-electron chi connectivity index (χ0n) is 16.5. The van der Waals surface area contributed by atoms with E-state index in [0.717, 1.165) is 12.1 Å². The summed E-state index contributed by atoms with van der Waals surface area (Å²) < 4.78 is 13.9. The molecule has 7 nitrogen and oxygen atoms in total. The number of amides is 1. The van der Waals surface area contributed by atoms with Gasteiger partial charge in [0.05, 0.1) is 17.5 Å². The Bertz CT molecular complexity index is 982. The van der Waals surface area contributed by atoms with Crippen LogP contribution in [0.1, 0.15) is 35.3 Å². The normalized spacial score (nSPS) is 18.3. The van der Waals surface area contributed by atoms with Crippen molar-refractivity contribution < 1.29 is 19.1 Å². The van der Waals surface area contributed by atoms with E-state index in [1.807, 2.05) is 12.1 Å². The number of aliphatic carboxylic acids is 1. The standard InChI is InChI=1S/C22H23FN4O3/c23-17-6-2-1-5-16(17)20(28)27-13-11-26(12-14-27)19-7-3-10-24-18(19)15-25-22(21(29)30)8-4-9-22/h1-3,5-7,10,15H,4,8-9,11-14H2,(H,29,30). The molecule has 0 atom stereocenters. The van der Waals surface area contributed by atoms with Crippen molar-refractivity contribution >= 4 is 23.8 Å². The Morgan fingerprint density at radius 2 is 1.83 bits per heavy atom. The fourth-order valence-electron chi connectivity index (χ4n) is 3.83. The number of aromatic nitrogens is 1. The SMILES string of the molecule is O=C(c1ccccc1F)N1CCN(c2cccnc2C=NC2(C(=O)O)CCC2)CC1. The fraction of sp³-hybridized carbons (Fsp3) is 0.364. The molecule has 1 aromatic carbocycles. The number of hydrogen-bond donors (Lipinski definition) is 1. The molecular weight excluding hydrogens is 387 g/mol. The number of benzene rings is 1. The number of aliphatic imine (C=N–C) groups is 1. The van der Waals surface area contributed by atoms with Crippen LogP contribution in [0.2, 0.25) is 0 Å². The van der Waals surface area contributed by atoms with Gasteiger partial charge in [-0.2, -0.15) is 0 Å². The van der Waals surface area contributed by atoms with E-state index < -0.39 is 17.3 Å². The van der Waals surface area contributed by atoms with Crippen LogP contribution >= 0.6 is 0 Å². The zero-order valence-corrected chi connectivity index (χ0v) is 16.5. The van der Waals surface area contributed by atoms with E-state index in [-0.39, 0.29) is 11.5 Å². The quantitative estimate of drug-likeness (QED) is 0.766. The summed E-state index contributed by atoms with van der Waals surface area (Å²) >= 11 is 0. The van der Waals surface area contributed by atoms with Gasteiger partial charge < -0.3 is 14.9 Å². The van der Waals surface area contributed by atoms with E-state index in [4.69, 9.17) is 0 Å². The third kappa shape index (κ3) is 3.77. The fourth-order valence-corrected chi connectivity index (χ4v) is 3.83. The van der Waals surface area contributed by atoms with Crippen LogP contribution in [0.3, 0.4) is 0 Å². The van der Waals surface area contributed by atoms with E-state index in [1.165, 1.54) is 12.1 Å². The average Bonchev–Trinajstić information content (AvgIpc) is 2.73. The average molecular weight is 410 g/mol. The number of carbonyl (C=O) groups is 2. The van der Waals surface area contributed by atoms with Crippen LogP contribution in [0.4, 0.5) is 10.1 Å². The molecular formula is C22H23FN4O3. The lowest BCUT2D eigenvalue weighted by Crippen LogP contribution is -2.49. The largest absolute Gasteiger partial charge is 0.479 e. The second-order valence-corrected chi connectivity index (χ2v) is 7.62. The van der Waals surface area contributed by atoms with Crippen molar-refractivity contribution in [3.05, 3.63) is 59.7 Å². The van der Waals surface area contributed by atoms with Crippen LogP contribution in [0, 0.1) is 5.82 Å². The van der Waals surface area contributed by atoms with E-state index in [0.29, 0.717) is 44.7 Å². The van der Waals surface area contributed by atoms with Crippen LogP contribution < -0.4 is 4.90 Å². The van der Waals surface area contributed by atoms with Gasteiger partial charge in [-0.05, 0) is 43.5 Å². The number of anilines is 1. The number of hydrogen-bond acceptors (Lipinski definition) is 5. The molecule has 2 aromatic rings. The molecule has 1 amide bonds. The maximum atomic E-state index is 13.9. The molecule has 4 rings (SSSR count). The molecule has 156 valence electrons. The first-order valence-electron chi connectivity index (χ1n) is 10.0. The summed E-state index contributed by atoms with van der Waals surface area (Å²) in [6, 6.07) is 9.74. The first-order chi connectivity index (χ1) is 14.5. The zero-order chi connectivity index (χ0) is 21.1. The number of nitrogens with zero attached hydrogens (tertiary/aromatic N) is 4. The van der Waals surface area contributed by atoms with Crippen LogP contribution in [-0.2, 0) is 4.79 Å². The molecule has 0 unspecified atom stereocenters. The van der Waals surface area contributed by atoms with Gasteiger partial charge in [0.15, 0.2) is 5.54 Å². The van der Waals surface area contributed by atoms with Gasteiger partial charge in [0, 0.05) is 32.4 Å². The highest BCUT2D eigenvalue weighted by molar-refractivity contribution is 5.95. The van der Waals surface area contributed by atoms with Crippen molar-refractivity contribution in [3.63, 3.8) is 0 Å². The molecule has 1 aromatic heterocycles. The summed E-state index contributed by atoms with van der Waals surface area (Å²) in [4.78, 5) is 36.6. The summed E-state index contributed by atoms with van der Waals surface area (Å²) in [5.41, 5.74) is 0.511. The van der Waals surface area contributed by atoms with E-state index in [2.05, 4.69) is 14.9 Å². The number of piperazine rings is 1. The minimum atomic E-state index is -1.03. The molecule has 1 aliphatic heterocycles. The third-order valence-electron chi connectivity index (χ3n) is 5.84. The lowest BCUT2D eigenvalue weighted by atomic mass is 9.77. The molecule has 1 saturated carbocycles. The summed E-state index contributed by atoms with van der Waals surface area (Å²) in [6.45, 7) is 2.04. The number of carboxylic acid groups (broad SMARTS) is 1. The Kier molecular flexibility index (Phi) is 5.48. The molecule has 0 spiro atoms. The van der Waals surface area contributed by atoms with Gasteiger partial charge in [-0.3, -0.25) is 14.8 Å². The van der Waals surface area contributed by atoms with Crippen molar-refractivity contribution in [1.82, 2.24) is 9.88 Å². The topological polar surface area (TPSA) is 86.1 Å². The predicted octanol–water partition coefficient (Wildman–Crippen LogP) is 2.61. The number of halogens is 1. The molecule has 1 N–H and O–H groups in total. The van der Waals surface area contributed by atoms with Gasteiger partial charge >= 0.3 is 5.97 Å². The van der Waals surface area contributed by atoms with Crippen molar-refractivity contribution in [1.29, 1.82) is 0 Å². The van der Waals surface area contributed by atoms with Crippen LogP contribution in [-0.4, -0.2) is 64.8 Å². The second-order valence-electron chi connectivity index (χ2n) is 7.62. The molecule has 0 radical (unpaired) electrons. The second kappa shape index (κ2) is 8.22. The Morgan fingerprint density at radius 3 is 2.47 bits per heavy atom. The summed E-state index contributed by atoms with van der Waals surface area (Å²) in [5, 5.41) is 9.47. The molecule has 1 aliphatic carbocycles. The highest BCUT2D eigenvalue weighted by atomic mass is 19.1. The molecule has 0 bridgehead atoms. The maximum absolute atomic E-state index is 13.9. The van der Waals surface area contributed by atoms with Crippen molar-refractivity contribution in [2.75, 3.05) is 31.1 Å². The first-order valence-corrected chi connectivity index (χ1v) is 10.0. The molecule has 30 heavy (non-hydrogen) atoms. The first kappa shape index (κ1) is 20.0. The van der Waals surface area contributed by atoms with E-state index in [9.17, 15) is 19.1 Å². The Hall–Kier alpha value is -3.29. The smallest absolute Gasteiger partial charge is 0.331 e. The number of carboxylic acids is 1. The van der Waals surface area contributed by atoms with E-state index in [1.54, 1.807) is 29.4 Å². The summed E-state index contributed by atoms with van der Waals surface area (Å²) in [7, 11) is 0. The van der Waals surface area contributed by atoms with Gasteiger partial charge in [0.2, 0.25) is 0 Å². The molecule has 1 saturated heterocycles. The number of pyridine rings is 1. The Balaban J connectivity index is 1.46. The van der Waals surface area contributed by atoms with Gasteiger partial charge in [0.1, 0.15) is 11.5 Å². The maximum Gasteiger partial charge on any atom is 0.331 e. The van der Waals surface area contributed by atoms with Gasteiger partial charge in [-0.1, -0.05) is 12.1 Å². The number of carbonyl (C=O) groups excluding carboxylic acids is 1. The summed E-state index contributed by atoms with van der Waals surface area (Å²) in [6.07, 6.45) is 5.14. The third-order valence-corrected chi connectivity index (χ3v) is 5.84. The van der Waals surface area contributed by atoms with Gasteiger partial charge in [-0.25, -0.2) is 9.18 Å². The Morgan fingerprint density at radius 1 is 1.10 bits per heavy atom. The van der Waals surface area contributed by atoms with Gasteiger partial charge in [0.25, 0.3) is 5.91 Å². The summed E-state index contributed by atoms with van der Waals surface area (Å²) in [5.74, 6) is -1.73. The van der Waals surface area contributed by atoms with Gasteiger partial charge in [-0.15, -0.1) is 0 Å². The van der Waals surface area contributed by atoms with Crippen LogP contribution in [0.15, 0.2) is 47.6 Å².